The van der Waals surface area contributed by atoms with Gasteiger partial charge in [-0.2, -0.15) is 0 Å². The van der Waals surface area contributed by atoms with Crippen molar-refractivity contribution in [1.82, 2.24) is 4.81 Å². The van der Waals surface area contributed by atoms with Crippen molar-refractivity contribution in [2.24, 2.45) is 5.92 Å². The highest BCUT2D eigenvalue weighted by atomic mass is 16.2. The van der Waals surface area contributed by atoms with Crippen molar-refractivity contribution in [2.75, 3.05) is 0 Å². The average Bonchev–Trinajstić information content (AvgIpc) is 2.28. The summed E-state index contributed by atoms with van der Waals surface area (Å²) in [6.45, 7) is 10.0. The monoisotopic (exact) mass is 167 g/mol. The Kier molecular flexibility index (Phi) is 2.96. The fourth-order valence-corrected chi connectivity index (χ4v) is 2.13. The smallest absolute Gasteiger partial charge is 0.377 e. The SMILES string of the molecule is C=CC1C[C@H](C)[C@H](C)N1B(C)O. The summed E-state index contributed by atoms with van der Waals surface area (Å²) < 4.78 is 0. The van der Waals surface area contributed by atoms with Crippen LogP contribution in [0, 0.1) is 5.92 Å². The average molecular weight is 167 g/mol. The number of rotatable bonds is 2. The highest BCUT2D eigenvalue weighted by Crippen LogP contribution is 2.30. The first-order valence-electron chi connectivity index (χ1n) is 4.66. The van der Waals surface area contributed by atoms with Gasteiger partial charge in [0.2, 0.25) is 0 Å². The van der Waals surface area contributed by atoms with Gasteiger partial charge in [0, 0.05) is 12.1 Å². The normalized spacial score (nSPS) is 36.8. The standard InChI is InChI=1S/C9H18BNO/c1-5-9-6-7(2)8(3)11(9)10(4)12/h5,7-9,12H,1,6H2,2-4H3/t7-,8-,9?/m0/s1. The Morgan fingerprint density at radius 1 is 1.58 bits per heavy atom. The molecule has 0 radical (unpaired) electrons. The molecule has 12 heavy (non-hydrogen) atoms. The quantitative estimate of drug-likeness (QED) is 0.496. The van der Waals surface area contributed by atoms with E-state index in [0.717, 1.165) is 6.42 Å². The van der Waals surface area contributed by atoms with E-state index in [4.69, 9.17) is 0 Å². The second-order valence-electron chi connectivity index (χ2n) is 3.84. The van der Waals surface area contributed by atoms with Crippen molar-refractivity contribution in [3.63, 3.8) is 0 Å². The molecule has 1 heterocycles. The van der Waals surface area contributed by atoms with E-state index in [2.05, 4.69) is 25.2 Å². The first kappa shape index (κ1) is 9.81. The zero-order valence-electron chi connectivity index (χ0n) is 8.20. The van der Waals surface area contributed by atoms with Crippen LogP contribution in [0.3, 0.4) is 0 Å². The van der Waals surface area contributed by atoms with Gasteiger partial charge in [0.15, 0.2) is 0 Å². The summed E-state index contributed by atoms with van der Waals surface area (Å²) in [5.41, 5.74) is 0. The fraction of sp³-hybridized carbons (Fsp3) is 0.778. The summed E-state index contributed by atoms with van der Waals surface area (Å²) in [5.74, 6) is 0.655. The molecule has 0 bridgehead atoms. The van der Waals surface area contributed by atoms with Crippen LogP contribution in [0.4, 0.5) is 0 Å². The van der Waals surface area contributed by atoms with Gasteiger partial charge >= 0.3 is 7.05 Å². The summed E-state index contributed by atoms with van der Waals surface area (Å²) >= 11 is 0. The first-order chi connectivity index (χ1) is 5.57. The lowest BCUT2D eigenvalue weighted by molar-refractivity contribution is 0.308. The first-order valence-corrected chi connectivity index (χ1v) is 4.66. The van der Waals surface area contributed by atoms with Gasteiger partial charge in [-0.15, -0.1) is 6.58 Å². The van der Waals surface area contributed by atoms with E-state index in [0.29, 0.717) is 18.0 Å². The van der Waals surface area contributed by atoms with Gasteiger partial charge in [-0.05, 0) is 19.2 Å². The Balaban J connectivity index is 2.73. The van der Waals surface area contributed by atoms with Crippen LogP contribution in [0.15, 0.2) is 12.7 Å². The highest BCUT2D eigenvalue weighted by Gasteiger charge is 2.37. The van der Waals surface area contributed by atoms with E-state index in [1.165, 1.54) is 0 Å². The van der Waals surface area contributed by atoms with Crippen molar-refractivity contribution >= 4 is 7.05 Å². The number of nitrogens with zero attached hydrogens (tertiary/aromatic N) is 1. The summed E-state index contributed by atoms with van der Waals surface area (Å²) in [5, 5.41) is 9.52. The summed E-state index contributed by atoms with van der Waals surface area (Å²) in [6, 6.07) is 0.822. The summed E-state index contributed by atoms with van der Waals surface area (Å²) in [4.78, 5) is 2.12. The molecule has 68 valence electrons. The number of hydrogen-bond acceptors (Lipinski definition) is 2. The topological polar surface area (TPSA) is 23.5 Å². The maximum absolute atomic E-state index is 9.52. The lowest BCUT2D eigenvalue weighted by atomic mass is 9.82. The molecule has 1 aliphatic heterocycles. The minimum absolute atomic E-state index is 0.354. The van der Waals surface area contributed by atoms with Gasteiger partial charge in [0.25, 0.3) is 0 Å². The van der Waals surface area contributed by atoms with Crippen molar-refractivity contribution in [3.8, 4) is 0 Å². The van der Waals surface area contributed by atoms with Crippen LogP contribution in [0.1, 0.15) is 20.3 Å². The minimum atomic E-state index is -0.354. The van der Waals surface area contributed by atoms with Crippen LogP contribution in [0.2, 0.25) is 6.82 Å². The molecule has 0 amide bonds. The molecule has 0 aliphatic carbocycles. The van der Waals surface area contributed by atoms with E-state index < -0.39 is 0 Å². The van der Waals surface area contributed by atoms with Crippen LogP contribution in [-0.4, -0.2) is 29.0 Å². The Morgan fingerprint density at radius 3 is 2.50 bits per heavy atom. The summed E-state index contributed by atoms with van der Waals surface area (Å²) in [6.07, 6.45) is 3.06. The van der Waals surface area contributed by atoms with Crippen molar-refractivity contribution < 1.29 is 5.02 Å². The Morgan fingerprint density at radius 2 is 2.17 bits per heavy atom. The second-order valence-corrected chi connectivity index (χ2v) is 3.84. The zero-order valence-corrected chi connectivity index (χ0v) is 8.20. The van der Waals surface area contributed by atoms with Crippen LogP contribution in [0.25, 0.3) is 0 Å². The molecule has 1 fully saturated rings. The van der Waals surface area contributed by atoms with Gasteiger partial charge in [0.05, 0.1) is 0 Å². The Labute approximate surface area is 75.4 Å². The van der Waals surface area contributed by atoms with Gasteiger partial charge in [-0.3, -0.25) is 0 Å². The van der Waals surface area contributed by atoms with Gasteiger partial charge < -0.3 is 9.83 Å². The van der Waals surface area contributed by atoms with E-state index in [1.807, 2.05) is 12.9 Å². The maximum atomic E-state index is 9.52. The molecule has 1 rings (SSSR count). The van der Waals surface area contributed by atoms with Crippen molar-refractivity contribution in [1.29, 1.82) is 0 Å². The van der Waals surface area contributed by atoms with Crippen molar-refractivity contribution in [2.45, 2.75) is 39.2 Å². The molecule has 3 heteroatoms. The third-order valence-corrected chi connectivity index (χ3v) is 2.99. The molecule has 2 nitrogen and oxygen atoms in total. The molecule has 0 aromatic rings. The second kappa shape index (κ2) is 3.63. The van der Waals surface area contributed by atoms with Crippen LogP contribution in [-0.2, 0) is 0 Å². The maximum Gasteiger partial charge on any atom is 0.377 e. The van der Waals surface area contributed by atoms with Crippen molar-refractivity contribution in [3.05, 3.63) is 12.7 Å². The summed E-state index contributed by atoms with van der Waals surface area (Å²) in [7, 11) is -0.354. The molecule has 0 saturated carbocycles. The Bertz CT molecular complexity index is 172. The van der Waals surface area contributed by atoms with E-state index in [1.54, 1.807) is 0 Å². The van der Waals surface area contributed by atoms with Crippen LogP contribution >= 0.6 is 0 Å². The lowest BCUT2D eigenvalue weighted by Crippen LogP contribution is -2.44. The molecule has 1 unspecified atom stereocenters. The molecular weight excluding hydrogens is 149 g/mol. The fourth-order valence-electron chi connectivity index (χ4n) is 2.13. The molecule has 3 atom stereocenters. The highest BCUT2D eigenvalue weighted by molar-refractivity contribution is 6.45. The molecule has 0 spiro atoms. The Hall–Kier alpha value is -0.275. The molecule has 1 N–H and O–H groups in total. The van der Waals surface area contributed by atoms with Gasteiger partial charge in [-0.25, -0.2) is 0 Å². The molecule has 0 aromatic carbocycles. The minimum Gasteiger partial charge on any atom is -0.437 e. The van der Waals surface area contributed by atoms with Crippen LogP contribution in [0.5, 0.6) is 0 Å². The molecule has 0 aromatic heterocycles. The van der Waals surface area contributed by atoms with Crippen LogP contribution < -0.4 is 0 Å². The molecule has 1 saturated heterocycles. The predicted molar refractivity (Wildman–Crippen MR) is 52.9 cm³/mol. The third kappa shape index (κ3) is 1.57. The third-order valence-electron chi connectivity index (χ3n) is 2.99. The largest absolute Gasteiger partial charge is 0.437 e. The number of hydrogen-bond donors (Lipinski definition) is 1. The predicted octanol–water partition coefficient (Wildman–Crippen LogP) is 1.38. The van der Waals surface area contributed by atoms with E-state index in [9.17, 15) is 5.02 Å². The lowest BCUT2D eigenvalue weighted by Gasteiger charge is -2.27. The van der Waals surface area contributed by atoms with E-state index in [-0.39, 0.29) is 7.05 Å². The molecule has 1 aliphatic rings. The van der Waals surface area contributed by atoms with Gasteiger partial charge in [0.1, 0.15) is 0 Å². The zero-order chi connectivity index (χ0) is 9.30. The van der Waals surface area contributed by atoms with E-state index >= 15 is 0 Å². The van der Waals surface area contributed by atoms with Gasteiger partial charge in [-0.1, -0.05) is 19.9 Å². The molecular formula is C9H18BNO.